The first kappa shape index (κ1) is 24.6. The highest BCUT2D eigenvalue weighted by atomic mass is 16.8. The standard InChI is InChI=1S/C18H30O14/c19-2-7-6-1-5(22)16(28-7)31-14-8(3-20)30-18(13(26)11(14)24)32-15-9(4-21)29-17(27-6)12(25)10(15)23/h5-26H,1-4H2/t5-,6+,7?,8?,9?,10?,11?,12?,13?,14-,15-,16-,17+,18-/m1/s1. The molecule has 0 aliphatic carbocycles. The Labute approximate surface area is 182 Å². The van der Waals surface area contributed by atoms with E-state index < -0.39 is 106 Å². The summed E-state index contributed by atoms with van der Waals surface area (Å²) >= 11 is 0. The summed E-state index contributed by atoms with van der Waals surface area (Å²) in [6.07, 6.45) is -20.0. The quantitative estimate of drug-likeness (QED) is 0.193. The monoisotopic (exact) mass is 470 g/mol. The molecule has 9 aliphatic heterocycles. The number of aliphatic hydroxyl groups is 8. The van der Waals surface area contributed by atoms with E-state index in [4.69, 9.17) is 28.4 Å². The van der Waals surface area contributed by atoms with E-state index in [2.05, 4.69) is 0 Å². The molecule has 0 amide bonds. The molecule has 0 aromatic heterocycles. The number of aliphatic hydroxyl groups excluding tert-OH is 8. The molecule has 9 rings (SSSR count). The van der Waals surface area contributed by atoms with E-state index >= 15 is 0 Å². The summed E-state index contributed by atoms with van der Waals surface area (Å²) in [5, 5.41) is 82.1. The molecule has 9 aliphatic rings. The smallest absolute Gasteiger partial charge is 0.187 e. The molecule has 0 aromatic rings. The predicted molar refractivity (Wildman–Crippen MR) is 96.5 cm³/mol. The lowest BCUT2D eigenvalue weighted by molar-refractivity contribution is -0.364. The molecule has 186 valence electrons. The Balaban J connectivity index is 1.72. The number of hydrogen-bond acceptors (Lipinski definition) is 14. The Morgan fingerprint density at radius 1 is 0.500 bits per heavy atom. The van der Waals surface area contributed by atoms with Crippen LogP contribution in [0.4, 0.5) is 0 Å². The van der Waals surface area contributed by atoms with Crippen molar-refractivity contribution < 1.29 is 69.3 Å². The van der Waals surface area contributed by atoms with Gasteiger partial charge in [-0.1, -0.05) is 0 Å². The number of ether oxygens (including phenoxy) is 6. The van der Waals surface area contributed by atoms with E-state index in [1.807, 2.05) is 0 Å². The Morgan fingerprint density at radius 3 is 1.44 bits per heavy atom. The van der Waals surface area contributed by atoms with Gasteiger partial charge in [0.05, 0.1) is 25.9 Å². The SMILES string of the molecule is OCC1O[C@@H]2O[C@H]3C[C@@H](O)[C@H](OC3CO)O[C@@H]3C(CO)O[C@H](O[C@H]1C(O)C2O)C(O)C3O. The molecule has 0 radical (unpaired) electrons. The Bertz CT molecular complexity index is 618. The fraction of sp³-hybridized carbons (Fsp3) is 1.00. The third-order valence-electron chi connectivity index (χ3n) is 6.22. The van der Waals surface area contributed by atoms with Crippen molar-refractivity contribution in [1.82, 2.24) is 0 Å². The van der Waals surface area contributed by atoms with Gasteiger partial charge in [-0.15, -0.1) is 0 Å². The van der Waals surface area contributed by atoms with E-state index in [9.17, 15) is 40.9 Å². The van der Waals surface area contributed by atoms with Crippen molar-refractivity contribution in [1.29, 1.82) is 0 Å². The lowest BCUT2D eigenvalue weighted by atomic mass is 9.97. The van der Waals surface area contributed by atoms with Crippen molar-refractivity contribution in [3.05, 3.63) is 0 Å². The van der Waals surface area contributed by atoms with Gasteiger partial charge >= 0.3 is 0 Å². The zero-order chi connectivity index (χ0) is 23.2. The maximum Gasteiger partial charge on any atom is 0.187 e. The van der Waals surface area contributed by atoms with E-state index in [0.29, 0.717) is 0 Å². The van der Waals surface area contributed by atoms with E-state index in [-0.39, 0.29) is 6.42 Å². The first-order valence-corrected chi connectivity index (χ1v) is 10.4. The maximum atomic E-state index is 10.6. The summed E-state index contributed by atoms with van der Waals surface area (Å²) in [6, 6.07) is 0. The molecule has 14 nitrogen and oxygen atoms in total. The van der Waals surface area contributed by atoms with E-state index in [1.165, 1.54) is 0 Å². The van der Waals surface area contributed by atoms with Gasteiger partial charge in [-0.2, -0.15) is 0 Å². The summed E-state index contributed by atoms with van der Waals surface area (Å²) in [7, 11) is 0. The minimum absolute atomic E-state index is 0.152. The van der Waals surface area contributed by atoms with Gasteiger partial charge in [-0.05, 0) is 0 Å². The van der Waals surface area contributed by atoms with Crippen LogP contribution < -0.4 is 0 Å². The van der Waals surface area contributed by atoms with Crippen molar-refractivity contribution in [3.63, 3.8) is 0 Å². The highest BCUT2D eigenvalue weighted by Crippen LogP contribution is 2.35. The number of hydrogen-bond donors (Lipinski definition) is 8. The van der Waals surface area contributed by atoms with Crippen LogP contribution in [0.1, 0.15) is 6.42 Å². The van der Waals surface area contributed by atoms with Crippen molar-refractivity contribution in [2.45, 2.75) is 92.4 Å². The van der Waals surface area contributed by atoms with Gasteiger partial charge < -0.3 is 69.3 Å². The highest BCUT2D eigenvalue weighted by molar-refractivity contribution is 4.96. The summed E-state index contributed by atoms with van der Waals surface area (Å²) in [4.78, 5) is 0. The van der Waals surface area contributed by atoms with Gasteiger partial charge in [0.2, 0.25) is 0 Å². The van der Waals surface area contributed by atoms with Crippen molar-refractivity contribution in [2.75, 3.05) is 19.8 Å². The second-order valence-corrected chi connectivity index (χ2v) is 8.32. The minimum atomic E-state index is -1.74. The van der Waals surface area contributed by atoms with Crippen LogP contribution >= 0.6 is 0 Å². The third-order valence-corrected chi connectivity index (χ3v) is 6.22. The van der Waals surface area contributed by atoms with Gasteiger partial charge in [0, 0.05) is 6.42 Å². The first-order valence-electron chi connectivity index (χ1n) is 10.4. The Morgan fingerprint density at radius 2 is 0.938 bits per heavy atom. The minimum Gasteiger partial charge on any atom is -0.394 e. The molecule has 14 atom stereocenters. The summed E-state index contributed by atoms with van der Waals surface area (Å²) < 4.78 is 33.5. The summed E-state index contributed by atoms with van der Waals surface area (Å²) in [5.74, 6) is 0. The van der Waals surface area contributed by atoms with Crippen LogP contribution in [0, 0.1) is 0 Å². The Hall–Kier alpha value is -0.560. The normalized spacial score (nSPS) is 54.4. The van der Waals surface area contributed by atoms with Gasteiger partial charge in [0.1, 0.15) is 61.0 Å². The second kappa shape index (κ2) is 9.97. The molecule has 0 aromatic carbocycles. The van der Waals surface area contributed by atoms with Gasteiger partial charge in [-0.3, -0.25) is 0 Å². The van der Waals surface area contributed by atoms with Crippen molar-refractivity contribution >= 4 is 0 Å². The highest BCUT2D eigenvalue weighted by Gasteiger charge is 2.54. The summed E-state index contributed by atoms with van der Waals surface area (Å²) in [6.45, 7) is -1.93. The second-order valence-electron chi connectivity index (χ2n) is 8.32. The largest absolute Gasteiger partial charge is 0.394 e. The van der Waals surface area contributed by atoms with Gasteiger partial charge in [0.15, 0.2) is 18.9 Å². The lowest BCUT2D eigenvalue weighted by Crippen LogP contribution is -2.65. The molecule has 0 spiro atoms. The van der Waals surface area contributed by atoms with Crippen molar-refractivity contribution in [3.8, 4) is 0 Å². The van der Waals surface area contributed by atoms with Gasteiger partial charge in [0.25, 0.3) is 0 Å². The molecule has 9 fully saturated rings. The lowest BCUT2D eigenvalue weighted by Gasteiger charge is -2.46. The van der Waals surface area contributed by atoms with Crippen LogP contribution in [0.5, 0.6) is 0 Å². The first-order chi connectivity index (χ1) is 15.3. The fourth-order valence-electron chi connectivity index (χ4n) is 4.43. The van der Waals surface area contributed by atoms with E-state index in [0.717, 1.165) is 0 Å². The zero-order valence-electron chi connectivity index (χ0n) is 16.9. The molecule has 7 unspecified atom stereocenters. The predicted octanol–water partition coefficient (Wildman–Crippen LogP) is -5.50. The molecule has 32 heavy (non-hydrogen) atoms. The van der Waals surface area contributed by atoms with Gasteiger partial charge in [-0.25, -0.2) is 0 Å². The van der Waals surface area contributed by atoms with Crippen LogP contribution in [-0.4, -0.2) is 147 Å². The third kappa shape index (κ3) is 4.42. The zero-order valence-corrected chi connectivity index (χ0v) is 16.9. The topological polar surface area (TPSA) is 217 Å². The molecule has 0 saturated carbocycles. The summed E-state index contributed by atoms with van der Waals surface area (Å²) in [5.41, 5.74) is 0. The molecule has 9 saturated heterocycles. The average molecular weight is 470 g/mol. The Kier molecular flexibility index (Phi) is 7.65. The molecule has 6 bridgehead atoms. The van der Waals surface area contributed by atoms with Crippen LogP contribution in [0.2, 0.25) is 0 Å². The average Bonchev–Trinajstić information content (AvgIpc) is 2.79. The maximum absolute atomic E-state index is 10.6. The van der Waals surface area contributed by atoms with Crippen molar-refractivity contribution in [2.24, 2.45) is 0 Å². The van der Waals surface area contributed by atoms with Crippen LogP contribution in [-0.2, 0) is 28.4 Å². The van der Waals surface area contributed by atoms with Crippen LogP contribution in [0.3, 0.4) is 0 Å². The molecular weight excluding hydrogens is 440 g/mol. The number of rotatable bonds is 3. The fourth-order valence-corrected chi connectivity index (χ4v) is 4.43. The molecule has 14 heteroatoms. The molecule has 8 N–H and O–H groups in total. The van der Waals surface area contributed by atoms with E-state index in [1.54, 1.807) is 0 Å². The molecular formula is C18H30O14. The van der Waals surface area contributed by atoms with Crippen LogP contribution in [0.25, 0.3) is 0 Å². The van der Waals surface area contributed by atoms with Crippen LogP contribution in [0.15, 0.2) is 0 Å². The molecule has 9 heterocycles.